The van der Waals surface area contributed by atoms with Crippen molar-refractivity contribution in [3.63, 3.8) is 0 Å². The summed E-state index contributed by atoms with van der Waals surface area (Å²) in [4.78, 5) is -0.125. The van der Waals surface area contributed by atoms with Gasteiger partial charge >= 0.3 is 0 Å². The normalized spacial score (nSPS) is 11.1. The minimum atomic E-state index is -3.85. The highest BCUT2D eigenvalue weighted by molar-refractivity contribution is 7.90. The van der Waals surface area contributed by atoms with E-state index in [1.54, 1.807) is 0 Å². The number of nitriles is 1. The van der Waals surface area contributed by atoms with E-state index in [1.165, 1.54) is 30.3 Å². The molecule has 2 aromatic rings. The van der Waals surface area contributed by atoms with Crippen LogP contribution >= 0.6 is 11.6 Å². The molecule has 108 valence electrons. The van der Waals surface area contributed by atoms with E-state index in [9.17, 15) is 12.8 Å². The summed E-state index contributed by atoms with van der Waals surface area (Å²) in [7, 11) is -3.85. The van der Waals surface area contributed by atoms with E-state index < -0.39 is 21.4 Å². The van der Waals surface area contributed by atoms with Gasteiger partial charge < -0.3 is 5.73 Å². The summed E-state index contributed by atoms with van der Waals surface area (Å²) < 4.78 is 38.3. The van der Waals surface area contributed by atoms with Gasteiger partial charge in [0.2, 0.25) is 0 Å². The number of benzene rings is 2. The molecule has 0 saturated carbocycles. The SMILES string of the molecule is N#Cc1ccc(F)c(CS(=O)(=O)c2ccc(N)cc2Cl)c1. The fourth-order valence-electron chi connectivity index (χ4n) is 1.81. The van der Waals surface area contributed by atoms with E-state index >= 15 is 0 Å². The second-order valence-corrected chi connectivity index (χ2v) is 6.73. The van der Waals surface area contributed by atoms with Crippen molar-refractivity contribution >= 4 is 27.1 Å². The maximum atomic E-state index is 13.7. The third kappa shape index (κ3) is 3.32. The van der Waals surface area contributed by atoms with E-state index in [0.717, 1.165) is 6.07 Å². The largest absolute Gasteiger partial charge is 0.399 e. The first-order valence-corrected chi connectivity index (χ1v) is 7.83. The Balaban J connectivity index is 2.45. The number of hydrogen-bond acceptors (Lipinski definition) is 4. The number of anilines is 1. The van der Waals surface area contributed by atoms with E-state index in [4.69, 9.17) is 22.6 Å². The molecule has 0 atom stereocenters. The first kappa shape index (κ1) is 15.3. The van der Waals surface area contributed by atoms with Crippen molar-refractivity contribution in [3.05, 3.63) is 58.4 Å². The second-order valence-electron chi connectivity index (χ2n) is 4.37. The van der Waals surface area contributed by atoms with Gasteiger partial charge in [0.05, 0.1) is 27.3 Å². The quantitative estimate of drug-likeness (QED) is 0.880. The van der Waals surface area contributed by atoms with Gasteiger partial charge in [-0.25, -0.2) is 12.8 Å². The average molecular weight is 325 g/mol. The van der Waals surface area contributed by atoms with Crippen LogP contribution in [0.5, 0.6) is 0 Å². The van der Waals surface area contributed by atoms with Crippen LogP contribution in [0.1, 0.15) is 11.1 Å². The molecule has 0 fully saturated rings. The Bertz CT molecular complexity index is 845. The van der Waals surface area contributed by atoms with Crippen LogP contribution < -0.4 is 5.73 Å². The molecule has 0 spiro atoms. The van der Waals surface area contributed by atoms with Crippen molar-refractivity contribution < 1.29 is 12.8 Å². The Kier molecular flexibility index (Phi) is 4.16. The Hall–Kier alpha value is -2.10. The molecule has 0 saturated heterocycles. The fraction of sp³-hybridized carbons (Fsp3) is 0.0714. The molecule has 0 unspecified atom stereocenters. The summed E-state index contributed by atoms with van der Waals surface area (Å²) in [6, 6.07) is 9.38. The zero-order valence-corrected chi connectivity index (χ0v) is 12.2. The number of nitrogen functional groups attached to an aromatic ring is 1. The summed E-state index contributed by atoms with van der Waals surface area (Å²) in [6.07, 6.45) is 0. The summed E-state index contributed by atoms with van der Waals surface area (Å²) in [5.74, 6) is -1.28. The maximum absolute atomic E-state index is 13.7. The van der Waals surface area contributed by atoms with Gasteiger partial charge in [-0.1, -0.05) is 11.6 Å². The van der Waals surface area contributed by atoms with Crippen LogP contribution in [0.3, 0.4) is 0 Å². The Morgan fingerprint density at radius 1 is 1.24 bits per heavy atom. The molecular formula is C14H10ClFN2O2S. The van der Waals surface area contributed by atoms with Gasteiger partial charge in [-0.3, -0.25) is 0 Å². The maximum Gasteiger partial charge on any atom is 0.184 e. The Labute approximate surface area is 126 Å². The Morgan fingerprint density at radius 2 is 1.95 bits per heavy atom. The monoisotopic (exact) mass is 324 g/mol. The van der Waals surface area contributed by atoms with Crippen molar-refractivity contribution in [2.75, 3.05) is 5.73 Å². The standard InChI is InChI=1S/C14H10ClFN2O2S/c15-12-6-11(18)2-4-14(12)21(19,20)8-10-5-9(7-17)1-3-13(10)16/h1-6H,8,18H2. The van der Waals surface area contributed by atoms with Gasteiger partial charge in [0.15, 0.2) is 9.84 Å². The smallest absolute Gasteiger partial charge is 0.184 e. The van der Waals surface area contributed by atoms with Crippen LogP contribution in [-0.2, 0) is 15.6 Å². The van der Waals surface area contributed by atoms with Gasteiger partial charge in [-0.15, -0.1) is 0 Å². The topological polar surface area (TPSA) is 84.0 Å². The van der Waals surface area contributed by atoms with E-state index in [2.05, 4.69) is 0 Å². The van der Waals surface area contributed by atoms with E-state index in [-0.39, 0.29) is 21.0 Å². The molecule has 0 heterocycles. The number of nitrogens with zero attached hydrogens (tertiary/aromatic N) is 1. The van der Waals surface area contributed by atoms with Crippen molar-refractivity contribution in [1.29, 1.82) is 5.26 Å². The highest BCUT2D eigenvalue weighted by Gasteiger charge is 2.21. The van der Waals surface area contributed by atoms with Crippen molar-refractivity contribution in [2.45, 2.75) is 10.6 Å². The predicted molar refractivity (Wildman–Crippen MR) is 77.9 cm³/mol. The zero-order chi connectivity index (χ0) is 15.6. The lowest BCUT2D eigenvalue weighted by Crippen LogP contribution is -2.08. The molecule has 0 aromatic heterocycles. The summed E-state index contributed by atoms with van der Waals surface area (Å²) in [6.45, 7) is 0. The summed E-state index contributed by atoms with van der Waals surface area (Å²) in [5, 5.41) is 8.76. The molecule has 0 aliphatic rings. The van der Waals surface area contributed by atoms with Gasteiger partial charge in [0.1, 0.15) is 5.82 Å². The van der Waals surface area contributed by atoms with E-state index in [1.807, 2.05) is 6.07 Å². The third-order valence-electron chi connectivity index (χ3n) is 2.81. The number of rotatable bonds is 3. The molecule has 0 aliphatic carbocycles. The molecule has 4 nitrogen and oxygen atoms in total. The molecule has 2 aromatic carbocycles. The molecular weight excluding hydrogens is 315 g/mol. The lowest BCUT2D eigenvalue weighted by atomic mass is 10.1. The second kappa shape index (κ2) is 5.72. The number of halogens is 2. The first-order chi connectivity index (χ1) is 9.83. The summed E-state index contributed by atoms with van der Waals surface area (Å²) in [5.41, 5.74) is 5.94. The van der Waals surface area contributed by atoms with E-state index in [0.29, 0.717) is 5.69 Å². The van der Waals surface area contributed by atoms with Crippen LogP contribution in [0.2, 0.25) is 5.02 Å². The van der Waals surface area contributed by atoms with Gasteiger partial charge in [0.25, 0.3) is 0 Å². The van der Waals surface area contributed by atoms with Crippen molar-refractivity contribution in [2.24, 2.45) is 0 Å². The molecule has 2 N–H and O–H groups in total. The molecule has 0 radical (unpaired) electrons. The zero-order valence-electron chi connectivity index (χ0n) is 10.7. The minimum Gasteiger partial charge on any atom is -0.399 e. The molecule has 0 aliphatic heterocycles. The fourth-order valence-corrected chi connectivity index (χ4v) is 3.77. The minimum absolute atomic E-state index is 0.0214. The highest BCUT2D eigenvalue weighted by atomic mass is 35.5. The molecule has 2 rings (SSSR count). The number of nitrogens with two attached hydrogens (primary N) is 1. The third-order valence-corrected chi connectivity index (χ3v) is 4.95. The van der Waals surface area contributed by atoms with Crippen LogP contribution in [0.25, 0.3) is 0 Å². The van der Waals surface area contributed by atoms with Crippen LogP contribution in [0, 0.1) is 17.1 Å². The summed E-state index contributed by atoms with van der Waals surface area (Å²) >= 11 is 5.87. The number of hydrogen-bond donors (Lipinski definition) is 1. The molecule has 7 heteroatoms. The molecule has 21 heavy (non-hydrogen) atoms. The van der Waals surface area contributed by atoms with Crippen molar-refractivity contribution in [3.8, 4) is 6.07 Å². The van der Waals surface area contributed by atoms with Crippen LogP contribution in [0.4, 0.5) is 10.1 Å². The van der Waals surface area contributed by atoms with Gasteiger partial charge in [-0.05, 0) is 36.4 Å². The first-order valence-electron chi connectivity index (χ1n) is 5.80. The predicted octanol–water partition coefficient (Wildman–Crippen LogP) is 2.91. The molecule has 0 bridgehead atoms. The van der Waals surface area contributed by atoms with Crippen LogP contribution in [0.15, 0.2) is 41.3 Å². The number of sulfone groups is 1. The lowest BCUT2D eigenvalue weighted by Gasteiger charge is -2.08. The van der Waals surface area contributed by atoms with Gasteiger partial charge in [-0.2, -0.15) is 5.26 Å². The van der Waals surface area contributed by atoms with Gasteiger partial charge in [0, 0.05) is 11.3 Å². The highest BCUT2D eigenvalue weighted by Crippen LogP contribution is 2.27. The lowest BCUT2D eigenvalue weighted by molar-refractivity contribution is 0.587. The average Bonchev–Trinajstić information content (AvgIpc) is 2.40. The van der Waals surface area contributed by atoms with Crippen molar-refractivity contribution in [1.82, 2.24) is 0 Å². The van der Waals surface area contributed by atoms with Crippen LogP contribution in [-0.4, -0.2) is 8.42 Å². The Morgan fingerprint density at radius 3 is 2.57 bits per heavy atom. The molecule has 0 amide bonds.